The van der Waals surface area contributed by atoms with E-state index in [1.165, 1.54) is 5.56 Å². The van der Waals surface area contributed by atoms with E-state index in [1.54, 1.807) is 0 Å². The number of ether oxygens (including phenoxy) is 1. The molecule has 2 aromatic carbocycles. The van der Waals surface area contributed by atoms with Gasteiger partial charge in [0, 0.05) is 31.4 Å². The molecule has 2 aromatic rings. The largest absolute Gasteiger partial charge is 0.491 e. The minimum Gasteiger partial charge on any atom is -0.491 e. The van der Waals surface area contributed by atoms with Gasteiger partial charge in [0.25, 0.3) is 0 Å². The van der Waals surface area contributed by atoms with Crippen molar-refractivity contribution in [2.24, 2.45) is 0 Å². The predicted octanol–water partition coefficient (Wildman–Crippen LogP) is 3.68. The Morgan fingerprint density at radius 1 is 0.952 bits per heavy atom. The van der Waals surface area contributed by atoms with Gasteiger partial charge >= 0.3 is 0 Å². The Kier molecular flexibility index (Phi) is 6.10. The lowest BCUT2D eigenvalue weighted by Gasteiger charge is -2.12. The molecule has 0 radical (unpaired) electrons. The lowest BCUT2D eigenvalue weighted by Crippen LogP contribution is -2.21. The van der Waals surface area contributed by atoms with Crippen molar-refractivity contribution in [3.05, 3.63) is 60.2 Å². The lowest BCUT2D eigenvalue weighted by molar-refractivity contribution is 0.242. The first kappa shape index (κ1) is 15.4. The Balaban J connectivity index is 1.69. The zero-order valence-electron chi connectivity index (χ0n) is 12.8. The third-order valence-corrected chi connectivity index (χ3v) is 3.01. The van der Waals surface area contributed by atoms with Crippen LogP contribution < -0.4 is 15.4 Å². The summed E-state index contributed by atoms with van der Waals surface area (Å²) in [6.07, 6.45) is 0.202. The highest BCUT2D eigenvalue weighted by molar-refractivity contribution is 5.48. The minimum absolute atomic E-state index is 0.202. The van der Waals surface area contributed by atoms with Crippen LogP contribution in [0.15, 0.2) is 54.6 Å². The molecule has 2 N–H and O–H groups in total. The molecule has 0 aliphatic carbocycles. The summed E-state index contributed by atoms with van der Waals surface area (Å²) in [5, 5.41) is 6.83. The van der Waals surface area contributed by atoms with Gasteiger partial charge in [0.1, 0.15) is 5.75 Å². The molecule has 0 saturated heterocycles. The van der Waals surface area contributed by atoms with Crippen LogP contribution in [0.3, 0.4) is 0 Å². The molecular weight excluding hydrogens is 260 g/mol. The maximum atomic E-state index is 5.68. The van der Waals surface area contributed by atoms with E-state index in [1.807, 2.05) is 38.1 Å². The average Bonchev–Trinajstić information content (AvgIpc) is 2.48. The standard InChI is InChI=1S/C18H24N2O/c1-15(2)21-18-10-6-9-17(13-18)20-12-11-19-14-16-7-4-3-5-8-16/h3-10,13,15,19-20H,11-12,14H2,1-2H3. The van der Waals surface area contributed by atoms with Crippen molar-refractivity contribution in [1.29, 1.82) is 0 Å². The van der Waals surface area contributed by atoms with Crippen molar-refractivity contribution in [3.63, 3.8) is 0 Å². The van der Waals surface area contributed by atoms with E-state index < -0.39 is 0 Å². The second kappa shape index (κ2) is 8.32. The zero-order chi connectivity index (χ0) is 14.9. The molecule has 0 heterocycles. The fourth-order valence-corrected chi connectivity index (χ4v) is 2.08. The Morgan fingerprint density at radius 3 is 2.52 bits per heavy atom. The molecule has 0 aliphatic rings. The van der Waals surface area contributed by atoms with Gasteiger partial charge in [-0.2, -0.15) is 0 Å². The highest BCUT2D eigenvalue weighted by atomic mass is 16.5. The van der Waals surface area contributed by atoms with Crippen molar-refractivity contribution < 1.29 is 4.74 Å². The van der Waals surface area contributed by atoms with Crippen LogP contribution in [-0.4, -0.2) is 19.2 Å². The number of hydrogen-bond donors (Lipinski definition) is 2. The maximum absolute atomic E-state index is 5.68. The zero-order valence-corrected chi connectivity index (χ0v) is 12.8. The van der Waals surface area contributed by atoms with Crippen LogP contribution in [-0.2, 0) is 6.54 Å². The second-order valence-electron chi connectivity index (χ2n) is 5.28. The van der Waals surface area contributed by atoms with Crippen molar-refractivity contribution in [3.8, 4) is 5.75 Å². The number of rotatable bonds is 8. The fraction of sp³-hybridized carbons (Fsp3) is 0.333. The van der Waals surface area contributed by atoms with Crippen LogP contribution in [0.25, 0.3) is 0 Å². The summed E-state index contributed by atoms with van der Waals surface area (Å²) in [5.41, 5.74) is 2.40. The summed E-state index contributed by atoms with van der Waals surface area (Å²) >= 11 is 0. The molecule has 0 bridgehead atoms. The number of nitrogens with one attached hydrogen (secondary N) is 2. The van der Waals surface area contributed by atoms with Gasteiger partial charge in [-0.05, 0) is 31.5 Å². The first-order valence-electron chi connectivity index (χ1n) is 7.49. The average molecular weight is 284 g/mol. The summed E-state index contributed by atoms with van der Waals surface area (Å²) in [7, 11) is 0. The van der Waals surface area contributed by atoms with Gasteiger partial charge in [-0.25, -0.2) is 0 Å². The SMILES string of the molecule is CC(C)Oc1cccc(NCCNCc2ccccc2)c1. The Morgan fingerprint density at radius 2 is 1.76 bits per heavy atom. The fourth-order valence-electron chi connectivity index (χ4n) is 2.08. The van der Waals surface area contributed by atoms with Crippen molar-refractivity contribution in [1.82, 2.24) is 5.32 Å². The van der Waals surface area contributed by atoms with Gasteiger partial charge < -0.3 is 15.4 Å². The highest BCUT2D eigenvalue weighted by Gasteiger charge is 1.99. The molecule has 112 valence electrons. The third kappa shape index (κ3) is 5.88. The van der Waals surface area contributed by atoms with Gasteiger partial charge in [0.2, 0.25) is 0 Å². The van der Waals surface area contributed by atoms with E-state index in [2.05, 4.69) is 41.0 Å². The molecule has 0 unspecified atom stereocenters. The van der Waals surface area contributed by atoms with E-state index in [4.69, 9.17) is 4.74 Å². The van der Waals surface area contributed by atoms with E-state index in [0.29, 0.717) is 0 Å². The summed E-state index contributed by atoms with van der Waals surface area (Å²) < 4.78 is 5.68. The Labute approximate surface area is 127 Å². The smallest absolute Gasteiger partial charge is 0.121 e. The Hall–Kier alpha value is -2.00. The molecular formula is C18H24N2O. The van der Waals surface area contributed by atoms with Crippen LogP contribution in [0, 0.1) is 0 Å². The van der Waals surface area contributed by atoms with Crippen LogP contribution >= 0.6 is 0 Å². The minimum atomic E-state index is 0.202. The predicted molar refractivity (Wildman–Crippen MR) is 88.8 cm³/mol. The van der Waals surface area contributed by atoms with Gasteiger partial charge in [0.15, 0.2) is 0 Å². The molecule has 0 atom stereocenters. The van der Waals surface area contributed by atoms with E-state index in [0.717, 1.165) is 31.1 Å². The number of hydrogen-bond acceptors (Lipinski definition) is 3. The van der Waals surface area contributed by atoms with Gasteiger partial charge in [0.05, 0.1) is 6.10 Å². The van der Waals surface area contributed by atoms with Crippen molar-refractivity contribution >= 4 is 5.69 Å². The lowest BCUT2D eigenvalue weighted by atomic mass is 10.2. The summed E-state index contributed by atoms with van der Waals surface area (Å²) in [6, 6.07) is 18.5. The molecule has 0 spiro atoms. The molecule has 21 heavy (non-hydrogen) atoms. The number of benzene rings is 2. The van der Waals surface area contributed by atoms with Crippen LogP contribution in [0.1, 0.15) is 19.4 Å². The van der Waals surface area contributed by atoms with E-state index in [9.17, 15) is 0 Å². The summed E-state index contributed by atoms with van der Waals surface area (Å²) in [6.45, 7) is 6.78. The summed E-state index contributed by atoms with van der Waals surface area (Å²) in [5.74, 6) is 0.909. The quantitative estimate of drug-likeness (QED) is 0.726. The van der Waals surface area contributed by atoms with Crippen LogP contribution in [0.5, 0.6) is 5.75 Å². The molecule has 0 amide bonds. The van der Waals surface area contributed by atoms with E-state index in [-0.39, 0.29) is 6.10 Å². The first-order chi connectivity index (χ1) is 10.2. The number of anilines is 1. The Bertz CT molecular complexity index is 526. The third-order valence-electron chi connectivity index (χ3n) is 3.01. The monoisotopic (exact) mass is 284 g/mol. The summed E-state index contributed by atoms with van der Waals surface area (Å²) in [4.78, 5) is 0. The molecule has 0 fully saturated rings. The topological polar surface area (TPSA) is 33.3 Å². The van der Waals surface area contributed by atoms with Gasteiger partial charge in [-0.3, -0.25) is 0 Å². The molecule has 0 saturated carbocycles. The molecule has 3 heteroatoms. The molecule has 3 nitrogen and oxygen atoms in total. The normalized spacial score (nSPS) is 10.6. The first-order valence-corrected chi connectivity index (χ1v) is 7.49. The van der Waals surface area contributed by atoms with Crippen molar-refractivity contribution in [2.45, 2.75) is 26.5 Å². The second-order valence-corrected chi connectivity index (χ2v) is 5.28. The van der Waals surface area contributed by atoms with Crippen LogP contribution in [0.4, 0.5) is 5.69 Å². The van der Waals surface area contributed by atoms with Gasteiger partial charge in [-0.15, -0.1) is 0 Å². The van der Waals surface area contributed by atoms with Gasteiger partial charge in [-0.1, -0.05) is 36.4 Å². The molecule has 0 aromatic heterocycles. The van der Waals surface area contributed by atoms with E-state index >= 15 is 0 Å². The highest BCUT2D eigenvalue weighted by Crippen LogP contribution is 2.18. The maximum Gasteiger partial charge on any atom is 0.121 e. The van der Waals surface area contributed by atoms with Crippen LogP contribution in [0.2, 0.25) is 0 Å². The molecule has 2 rings (SSSR count). The molecule has 0 aliphatic heterocycles. The van der Waals surface area contributed by atoms with Crippen molar-refractivity contribution in [2.75, 3.05) is 18.4 Å².